The van der Waals surface area contributed by atoms with E-state index in [0.717, 1.165) is 37.0 Å². The van der Waals surface area contributed by atoms with Gasteiger partial charge in [0.05, 0.1) is 6.20 Å². The minimum atomic E-state index is 0.106. The Bertz CT molecular complexity index is 872. The molecule has 4 heteroatoms. The maximum Gasteiger partial charge on any atom is 0.155 e. The lowest BCUT2D eigenvalue weighted by molar-refractivity contribution is 0.593. The summed E-state index contributed by atoms with van der Waals surface area (Å²) in [7, 11) is 0. The van der Waals surface area contributed by atoms with Gasteiger partial charge in [-0.25, -0.2) is 4.98 Å². The lowest BCUT2D eigenvalue weighted by Crippen LogP contribution is -2.26. The molecule has 3 aromatic rings. The van der Waals surface area contributed by atoms with E-state index in [1.165, 1.54) is 16.7 Å². The van der Waals surface area contributed by atoms with Gasteiger partial charge in [0.25, 0.3) is 0 Å². The van der Waals surface area contributed by atoms with Gasteiger partial charge in [-0.15, -0.1) is 0 Å². The van der Waals surface area contributed by atoms with Crippen LogP contribution in [0.5, 0.6) is 0 Å². The van der Waals surface area contributed by atoms with E-state index in [-0.39, 0.29) is 5.41 Å². The molecule has 1 saturated heterocycles. The summed E-state index contributed by atoms with van der Waals surface area (Å²) in [5.41, 5.74) is 4.71. The van der Waals surface area contributed by atoms with Crippen LogP contribution in [0.1, 0.15) is 25.3 Å². The van der Waals surface area contributed by atoms with Crippen LogP contribution >= 0.6 is 0 Å². The molecule has 122 valence electrons. The molecule has 0 amide bonds. The van der Waals surface area contributed by atoms with E-state index in [1.807, 2.05) is 12.4 Å². The number of H-pyrrole nitrogens is 1. The molecule has 0 radical (unpaired) electrons. The second kappa shape index (κ2) is 6.21. The molecular weight excluding hydrogens is 296 g/mol. The zero-order valence-corrected chi connectivity index (χ0v) is 13.9. The summed E-state index contributed by atoms with van der Waals surface area (Å²) in [5.74, 6) is 0. The van der Waals surface area contributed by atoms with Crippen molar-refractivity contribution in [2.24, 2.45) is 0 Å². The van der Waals surface area contributed by atoms with Crippen molar-refractivity contribution < 1.29 is 0 Å². The largest absolute Gasteiger partial charge is 0.315 e. The van der Waals surface area contributed by atoms with E-state index in [4.69, 9.17) is 0 Å². The zero-order chi connectivity index (χ0) is 16.4. The van der Waals surface area contributed by atoms with E-state index in [9.17, 15) is 0 Å². The average molecular weight is 318 g/mol. The number of nitrogens with one attached hydrogen (secondary N) is 2. The first-order chi connectivity index (χ1) is 11.8. The Hall–Kier alpha value is -2.46. The number of rotatable bonds is 4. The van der Waals surface area contributed by atoms with Crippen LogP contribution in [0.15, 0.2) is 54.9 Å². The molecule has 2 aromatic heterocycles. The van der Waals surface area contributed by atoms with Crippen LogP contribution in [0, 0.1) is 0 Å². The van der Waals surface area contributed by atoms with Gasteiger partial charge in [-0.3, -0.25) is 5.10 Å². The predicted molar refractivity (Wildman–Crippen MR) is 97.9 cm³/mol. The van der Waals surface area contributed by atoms with Gasteiger partial charge < -0.3 is 5.32 Å². The molecule has 0 saturated carbocycles. The quantitative estimate of drug-likeness (QED) is 0.719. The van der Waals surface area contributed by atoms with Crippen molar-refractivity contribution in [2.75, 3.05) is 13.1 Å². The standard InChI is InChI=1S/C20H22N4/c1-2-3-8-20(9-11-21-14-20)16-6-4-5-15(12-16)17-7-10-22-19-18(17)13-23-24-19/h3-8,10,12-13,21H,2,9,11,14H2,1H3,(H,22,23,24). The number of nitrogens with zero attached hydrogens (tertiary/aromatic N) is 2. The smallest absolute Gasteiger partial charge is 0.155 e. The lowest BCUT2D eigenvalue weighted by Gasteiger charge is -2.26. The molecule has 2 N–H and O–H groups in total. The van der Waals surface area contributed by atoms with Crippen LogP contribution in [0.2, 0.25) is 0 Å². The molecule has 0 bridgehead atoms. The number of hydrogen-bond donors (Lipinski definition) is 2. The highest BCUT2D eigenvalue weighted by atomic mass is 15.1. The minimum absolute atomic E-state index is 0.106. The molecule has 4 nitrogen and oxygen atoms in total. The highest BCUT2D eigenvalue weighted by Crippen LogP contribution is 2.35. The SMILES string of the molecule is CCC=CC1(c2cccc(-c3ccnc4[nH]ncc34)c2)CCNC1. The fraction of sp³-hybridized carbons (Fsp3) is 0.300. The fourth-order valence-corrected chi connectivity index (χ4v) is 3.64. The van der Waals surface area contributed by atoms with Gasteiger partial charge in [0.2, 0.25) is 0 Å². The van der Waals surface area contributed by atoms with Crippen molar-refractivity contribution in [1.82, 2.24) is 20.5 Å². The van der Waals surface area contributed by atoms with Crippen LogP contribution in [0.4, 0.5) is 0 Å². The number of allylic oxidation sites excluding steroid dienone is 1. The summed E-state index contributed by atoms with van der Waals surface area (Å²) in [6, 6.07) is 11.0. The molecule has 1 fully saturated rings. The normalized spacial score (nSPS) is 21.0. The Kier molecular flexibility index (Phi) is 3.90. The number of hydrogen-bond acceptors (Lipinski definition) is 3. The predicted octanol–water partition coefficient (Wildman–Crippen LogP) is 3.82. The van der Waals surface area contributed by atoms with Gasteiger partial charge in [-0.05, 0) is 42.1 Å². The highest BCUT2D eigenvalue weighted by molar-refractivity contribution is 5.92. The summed E-state index contributed by atoms with van der Waals surface area (Å²) < 4.78 is 0. The number of pyridine rings is 1. The van der Waals surface area contributed by atoms with Gasteiger partial charge in [-0.1, -0.05) is 43.3 Å². The number of benzene rings is 1. The van der Waals surface area contributed by atoms with E-state index >= 15 is 0 Å². The van der Waals surface area contributed by atoms with Crippen LogP contribution in [-0.2, 0) is 5.41 Å². The third kappa shape index (κ3) is 2.53. The third-order valence-corrected chi connectivity index (χ3v) is 4.96. The van der Waals surface area contributed by atoms with Gasteiger partial charge in [0, 0.05) is 23.5 Å². The molecule has 24 heavy (non-hydrogen) atoms. The first-order valence-corrected chi connectivity index (χ1v) is 8.60. The third-order valence-electron chi connectivity index (χ3n) is 4.96. The molecule has 1 aliphatic rings. The van der Waals surface area contributed by atoms with Crippen molar-refractivity contribution >= 4 is 11.0 Å². The Balaban J connectivity index is 1.81. The van der Waals surface area contributed by atoms with Crippen LogP contribution in [0.25, 0.3) is 22.2 Å². The Morgan fingerprint density at radius 2 is 2.25 bits per heavy atom. The fourth-order valence-electron chi connectivity index (χ4n) is 3.64. The maximum atomic E-state index is 4.34. The average Bonchev–Trinajstić information content (AvgIpc) is 3.30. The maximum absolute atomic E-state index is 4.34. The van der Waals surface area contributed by atoms with Crippen molar-refractivity contribution in [3.05, 3.63) is 60.4 Å². The van der Waals surface area contributed by atoms with Gasteiger partial charge in [-0.2, -0.15) is 5.10 Å². The van der Waals surface area contributed by atoms with Crippen molar-refractivity contribution in [2.45, 2.75) is 25.2 Å². The Morgan fingerprint density at radius 1 is 1.29 bits per heavy atom. The first-order valence-electron chi connectivity index (χ1n) is 8.60. The molecular formula is C20H22N4. The molecule has 1 aromatic carbocycles. The second-order valence-corrected chi connectivity index (χ2v) is 6.47. The van der Waals surface area contributed by atoms with E-state index in [0.29, 0.717) is 0 Å². The van der Waals surface area contributed by atoms with Crippen molar-refractivity contribution in [3.8, 4) is 11.1 Å². The highest BCUT2D eigenvalue weighted by Gasteiger charge is 2.33. The van der Waals surface area contributed by atoms with Crippen molar-refractivity contribution in [1.29, 1.82) is 0 Å². The molecule has 1 unspecified atom stereocenters. The van der Waals surface area contributed by atoms with Crippen LogP contribution in [-0.4, -0.2) is 28.3 Å². The Labute approximate surface area is 142 Å². The van der Waals surface area contributed by atoms with Crippen LogP contribution < -0.4 is 5.32 Å². The lowest BCUT2D eigenvalue weighted by atomic mass is 9.78. The summed E-state index contributed by atoms with van der Waals surface area (Å²) in [4.78, 5) is 4.34. The van der Waals surface area contributed by atoms with E-state index < -0.39 is 0 Å². The minimum Gasteiger partial charge on any atom is -0.315 e. The second-order valence-electron chi connectivity index (χ2n) is 6.47. The molecule has 0 aliphatic carbocycles. The monoisotopic (exact) mass is 318 g/mol. The molecule has 3 heterocycles. The van der Waals surface area contributed by atoms with Crippen molar-refractivity contribution in [3.63, 3.8) is 0 Å². The van der Waals surface area contributed by atoms with E-state index in [1.54, 1.807) is 0 Å². The zero-order valence-electron chi connectivity index (χ0n) is 13.9. The number of aromatic amines is 1. The molecule has 0 spiro atoms. The van der Waals surface area contributed by atoms with E-state index in [2.05, 4.69) is 69.9 Å². The first kappa shape index (κ1) is 15.1. The molecule has 4 rings (SSSR count). The number of aromatic nitrogens is 3. The van der Waals surface area contributed by atoms with Gasteiger partial charge >= 0.3 is 0 Å². The van der Waals surface area contributed by atoms with Gasteiger partial charge in [0.1, 0.15) is 0 Å². The van der Waals surface area contributed by atoms with Crippen LogP contribution in [0.3, 0.4) is 0 Å². The summed E-state index contributed by atoms with van der Waals surface area (Å²) in [6.45, 7) is 4.26. The molecule has 1 aliphatic heterocycles. The molecule has 1 atom stereocenters. The summed E-state index contributed by atoms with van der Waals surface area (Å²) in [5, 5.41) is 11.7. The van der Waals surface area contributed by atoms with Gasteiger partial charge in [0.15, 0.2) is 5.65 Å². The summed E-state index contributed by atoms with van der Waals surface area (Å²) in [6.07, 6.45) is 10.6. The number of fused-ring (bicyclic) bond motifs is 1. The Morgan fingerprint density at radius 3 is 3.08 bits per heavy atom. The summed E-state index contributed by atoms with van der Waals surface area (Å²) >= 11 is 0. The topological polar surface area (TPSA) is 53.6 Å².